The van der Waals surface area contributed by atoms with Crippen molar-refractivity contribution in [1.29, 1.82) is 0 Å². The molecule has 1 rings (SSSR count). The highest BCUT2D eigenvalue weighted by Gasteiger charge is 2.43. The highest BCUT2D eigenvalue weighted by molar-refractivity contribution is 5.67. The molecule has 0 atom stereocenters. The molecular formula is C7H9F3N2O2. The fraction of sp³-hybridized carbons (Fsp3) is 0.571. The molecule has 0 bridgehead atoms. The second-order valence-electron chi connectivity index (χ2n) is 2.48. The summed E-state index contributed by atoms with van der Waals surface area (Å²) in [6, 6.07) is 0. The standard InChI is InChI=1S/C7H9F3N2O2/c1-2-14-6(13)11-4-3-5-12(11)7(8,9)10/h3,5H,2,4H2,1H3. The summed E-state index contributed by atoms with van der Waals surface area (Å²) in [4.78, 5) is 11.0. The smallest absolute Gasteiger partial charge is 0.448 e. The lowest BCUT2D eigenvalue weighted by Crippen LogP contribution is -2.47. The SMILES string of the molecule is CCOC(=O)N1CC=CN1C(F)(F)F. The zero-order valence-corrected chi connectivity index (χ0v) is 7.41. The van der Waals surface area contributed by atoms with Crippen molar-refractivity contribution in [1.82, 2.24) is 10.0 Å². The number of nitrogens with zero attached hydrogens (tertiary/aromatic N) is 2. The van der Waals surface area contributed by atoms with E-state index in [0.29, 0.717) is 5.01 Å². The monoisotopic (exact) mass is 210 g/mol. The second-order valence-corrected chi connectivity index (χ2v) is 2.48. The van der Waals surface area contributed by atoms with Gasteiger partial charge in [-0.25, -0.2) is 9.80 Å². The predicted molar refractivity (Wildman–Crippen MR) is 40.8 cm³/mol. The van der Waals surface area contributed by atoms with Gasteiger partial charge in [0.05, 0.1) is 13.2 Å². The van der Waals surface area contributed by atoms with E-state index >= 15 is 0 Å². The van der Waals surface area contributed by atoms with Crippen LogP contribution in [0.25, 0.3) is 0 Å². The lowest BCUT2D eigenvalue weighted by atomic mass is 10.6. The van der Waals surface area contributed by atoms with E-state index in [0.717, 1.165) is 6.20 Å². The van der Waals surface area contributed by atoms with Crippen molar-refractivity contribution in [3.63, 3.8) is 0 Å². The van der Waals surface area contributed by atoms with Crippen molar-refractivity contribution in [3.8, 4) is 0 Å². The number of hydrogen-bond donors (Lipinski definition) is 0. The van der Waals surface area contributed by atoms with Crippen molar-refractivity contribution >= 4 is 6.09 Å². The van der Waals surface area contributed by atoms with Crippen LogP contribution in [0, 0.1) is 0 Å². The van der Waals surface area contributed by atoms with E-state index in [1.807, 2.05) is 0 Å². The van der Waals surface area contributed by atoms with Crippen LogP contribution in [0.3, 0.4) is 0 Å². The van der Waals surface area contributed by atoms with Gasteiger partial charge in [0.2, 0.25) is 0 Å². The summed E-state index contributed by atoms with van der Waals surface area (Å²) < 4.78 is 41.2. The van der Waals surface area contributed by atoms with Crippen molar-refractivity contribution < 1.29 is 22.7 Å². The molecule has 1 heterocycles. The third-order valence-electron chi connectivity index (χ3n) is 1.52. The van der Waals surface area contributed by atoms with Gasteiger partial charge in [-0.3, -0.25) is 0 Å². The summed E-state index contributed by atoms with van der Waals surface area (Å²) in [5.74, 6) is 0. The molecule has 1 aliphatic rings. The third-order valence-corrected chi connectivity index (χ3v) is 1.52. The molecule has 0 aromatic heterocycles. The van der Waals surface area contributed by atoms with E-state index in [1.165, 1.54) is 13.0 Å². The highest BCUT2D eigenvalue weighted by atomic mass is 19.4. The van der Waals surface area contributed by atoms with Gasteiger partial charge >= 0.3 is 12.4 Å². The lowest BCUT2D eigenvalue weighted by Gasteiger charge is -2.29. The first-order chi connectivity index (χ1) is 6.46. The Kier molecular flexibility index (Phi) is 2.87. The molecule has 0 aromatic carbocycles. The van der Waals surface area contributed by atoms with Gasteiger partial charge in [0.15, 0.2) is 0 Å². The molecule has 0 unspecified atom stereocenters. The summed E-state index contributed by atoms with van der Waals surface area (Å²) >= 11 is 0. The molecule has 0 aliphatic carbocycles. The molecule has 0 saturated heterocycles. The van der Waals surface area contributed by atoms with Gasteiger partial charge in [-0.1, -0.05) is 0 Å². The summed E-state index contributed by atoms with van der Waals surface area (Å²) in [5, 5.41) is 0.370. The molecule has 0 fully saturated rings. The van der Waals surface area contributed by atoms with Crippen molar-refractivity contribution in [2.75, 3.05) is 13.2 Å². The first kappa shape index (κ1) is 10.7. The first-order valence-electron chi connectivity index (χ1n) is 3.93. The maximum absolute atomic E-state index is 12.2. The fourth-order valence-electron chi connectivity index (χ4n) is 0.997. The maximum atomic E-state index is 12.2. The summed E-state index contributed by atoms with van der Waals surface area (Å²) in [6.07, 6.45) is -3.59. The summed E-state index contributed by atoms with van der Waals surface area (Å²) in [6.45, 7) is 1.44. The molecule has 7 heteroatoms. The van der Waals surface area contributed by atoms with Gasteiger partial charge in [-0.05, 0) is 13.0 Å². The zero-order valence-electron chi connectivity index (χ0n) is 7.41. The number of amides is 1. The van der Waals surface area contributed by atoms with Crippen molar-refractivity contribution in [2.45, 2.75) is 13.2 Å². The number of rotatable bonds is 1. The average Bonchev–Trinajstić information content (AvgIpc) is 2.50. The number of alkyl halides is 3. The molecule has 1 amide bonds. The van der Waals surface area contributed by atoms with Gasteiger partial charge in [0.25, 0.3) is 0 Å². The normalized spacial score (nSPS) is 16.3. The molecular weight excluding hydrogens is 201 g/mol. The second kappa shape index (κ2) is 3.77. The first-order valence-corrected chi connectivity index (χ1v) is 3.93. The van der Waals surface area contributed by atoms with Crippen LogP contribution in [0.15, 0.2) is 12.3 Å². The molecule has 80 valence electrons. The largest absolute Gasteiger partial charge is 0.503 e. The Hall–Kier alpha value is -1.40. The molecule has 0 N–H and O–H groups in total. The molecule has 4 nitrogen and oxygen atoms in total. The van der Waals surface area contributed by atoms with Crippen molar-refractivity contribution in [3.05, 3.63) is 12.3 Å². The number of carbonyl (C=O) groups is 1. The molecule has 0 aromatic rings. The lowest BCUT2D eigenvalue weighted by molar-refractivity contribution is -0.276. The predicted octanol–water partition coefficient (Wildman–Crippen LogP) is 1.71. The van der Waals surface area contributed by atoms with Crippen molar-refractivity contribution in [2.24, 2.45) is 0 Å². The Labute approximate surface area is 78.5 Å². The van der Waals surface area contributed by atoms with Crippen LogP contribution >= 0.6 is 0 Å². The summed E-state index contributed by atoms with van der Waals surface area (Å²) in [7, 11) is 0. The Morgan fingerprint density at radius 2 is 2.21 bits per heavy atom. The number of ether oxygens (including phenoxy) is 1. The van der Waals surface area contributed by atoms with Crippen LogP contribution in [-0.4, -0.2) is 35.6 Å². The topological polar surface area (TPSA) is 32.8 Å². The van der Waals surface area contributed by atoms with E-state index < -0.39 is 12.4 Å². The zero-order chi connectivity index (χ0) is 10.8. The highest BCUT2D eigenvalue weighted by Crippen LogP contribution is 2.26. The van der Waals surface area contributed by atoms with E-state index in [9.17, 15) is 18.0 Å². The van der Waals surface area contributed by atoms with E-state index in [-0.39, 0.29) is 18.2 Å². The van der Waals surface area contributed by atoms with E-state index in [4.69, 9.17) is 0 Å². The minimum atomic E-state index is -4.60. The van der Waals surface area contributed by atoms with Gasteiger partial charge < -0.3 is 4.74 Å². The number of halogens is 3. The number of hydrazine groups is 1. The molecule has 14 heavy (non-hydrogen) atoms. The van der Waals surface area contributed by atoms with Crippen LogP contribution in [0.5, 0.6) is 0 Å². The molecule has 0 saturated carbocycles. The number of carbonyl (C=O) groups excluding carboxylic acids is 1. The van der Waals surface area contributed by atoms with E-state index in [1.54, 1.807) is 0 Å². The van der Waals surface area contributed by atoms with Crippen LogP contribution in [0.4, 0.5) is 18.0 Å². The van der Waals surface area contributed by atoms with Gasteiger partial charge in [0, 0.05) is 6.20 Å². The molecule has 1 aliphatic heterocycles. The molecule has 0 spiro atoms. The Bertz CT molecular complexity index is 252. The van der Waals surface area contributed by atoms with Gasteiger partial charge in [-0.15, -0.1) is 13.2 Å². The quantitative estimate of drug-likeness (QED) is 0.617. The van der Waals surface area contributed by atoms with Crippen LogP contribution in [0.2, 0.25) is 0 Å². The van der Waals surface area contributed by atoms with Gasteiger partial charge in [0.1, 0.15) is 0 Å². The van der Waals surface area contributed by atoms with Crippen LogP contribution in [0.1, 0.15) is 6.92 Å². The van der Waals surface area contributed by atoms with E-state index in [2.05, 4.69) is 4.74 Å². The van der Waals surface area contributed by atoms with Crippen LogP contribution in [-0.2, 0) is 4.74 Å². The van der Waals surface area contributed by atoms with Crippen LogP contribution < -0.4 is 0 Å². The fourth-order valence-corrected chi connectivity index (χ4v) is 0.997. The maximum Gasteiger partial charge on any atom is 0.503 e. The minimum Gasteiger partial charge on any atom is -0.448 e. The molecule has 0 radical (unpaired) electrons. The third kappa shape index (κ3) is 2.09. The minimum absolute atomic E-state index is 0.0427. The van der Waals surface area contributed by atoms with Gasteiger partial charge in [-0.2, -0.15) is 5.01 Å². The average molecular weight is 210 g/mol. The Morgan fingerprint density at radius 3 is 2.71 bits per heavy atom. The summed E-state index contributed by atoms with van der Waals surface area (Å²) in [5.41, 5.74) is 0. The number of hydrogen-bond acceptors (Lipinski definition) is 3. The Balaban J connectivity index is 2.67. The Morgan fingerprint density at radius 1 is 1.57 bits per heavy atom.